The van der Waals surface area contributed by atoms with Crippen LogP contribution in [0.1, 0.15) is 47.8 Å². The number of benzene rings is 2. The van der Waals surface area contributed by atoms with E-state index in [0.717, 1.165) is 33.8 Å². The Morgan fingerprint density at radius 1 is 1.14 bits per heavy atom. The smallest absolute Gasteiger partial charge is 0.318 e. The zero-order valence-electron chi connectivity index (χ0n) is 20.3. The Balaban J connectivity index is 1.28. The van der Waals surface area contributed by atoms with Crippen molar-refractivity contribution in [2.75, 3.05) is 24.5 Å². The molecule has 7 heteroatoms. The summed E-state index contributed by atoms with van der Waals surface area (Å²) < 4.78 is 13.4. The van der Waals surface area contributed by atoms with Gasteiger partial charge in [-0.15, -0.1) is 0 Å². The number of hydrogen-bond acceptors (Lipinski definition) is 4. The number of anilines is 1. The molecule has 5 rings (SSSR count). The highest BCUT2D eigenvalue weighted by Gasteiger charge is 2.31. The van der Waals surface area contributed by atoms with Crippen molar-refractivity contribution < 1.29 is 9.18 Å². The van der Waals surface area contributed by atoms with Crippen LogP contribution in [-0.4, -0.2) is 46.6 Å². The molecule has 1 saturated heterocycles. The molecule has 1 fully saturated rings. The maximum absolute atomic E-state index is 13.4. The zero-order chi connectivity index (χ0) is 24.5. The maximum Gasteiger partial charge on any atom is 0.318 e. The largest absolute Gasteiger partial charge is 0.352 e. The van der Waals surface area contributed by atoms with Gasteiger partial charge in [0.1, 0.15) is 18.0 Å². The number of fused-ring (bicyclic) bond motifs is 1. The summed E-state index contributed by atoms with van der Waals surface area (Å²) in [6, 6.07) is 14.7. The van der Waals surface area contributed by atoms with Crippen LogP contribution in [0.4, 0.5) is 15.0 Å². The number of hydrogen-bond donors (Lipinski definition) is 1. The van der Waals surface area contributed by atoms with E-state index in [0.29, 0.717) is 26.1 Å². The van der Waals surface area contributed by atoms with Crippen molar-refractivity contribution in [2.24, 2.45) is 0 Å². The molecule has 2 heterocycles. The first kappa shape index (κ1) is 23.0. The zero-order valence-corrected chi connectivity index (χ0v) is 20.3. The molecule has 0 radical (unpaired) electrons. The van der Waals surface area contributed by atoms with Crippen molar-refractivity contribution >= 4 is 23.5 Å². The number of nitrogens with one attached hydrogen (secondary N) is 1. The molecule has 0 spiro atoms. The molecule has 2 aliphatic rings. The molecule has 2 aromatic carbocycles. The van der Waals surface area contributed by atoms with E-state index in [-0.39, 0.29) is 23.9 Å². The lowest BCUT2D eigenvalue weighted by atomic mass is 10.1. The second-order valence-corrected chi connectivity index (χ2v) is 9.48. The molecule has 2 atom stereocenters. The van der Waals surface area contributed by atoms with E-state index in [4.69, 9.17) is 0 Å². The van der Waals surface area contributed by atoms with Gasteiger partial charge in [-0.05, 0) is 55.7 Å². The van der Waals surface area contributed by atoms with Gasteiger partial charge in [-0.3, -0.25) is 0 Å². The van der Waals surface area contributed by atoms with Crippen molar-refractivity contribution in [3.63, 3.8) is 0 Å². The number of carbonyl (C=O) groups excluding carboxylic acids is 1. The summed E-state index contributed by atoms with van der Waals surface area (Å²) >= 11 is 0. The quantitative estimate of drug-likeness (QED) is 0.582. The van der Waals surface area contributed by atoms with Crippen molar-refractivity contribution in [2.45, 2.75) is 39.3 Å². The number of carbonyl (C=O) groups is 1. The van der Waals surface area contributed by atoms with Gasteiger partial charge >= 0.3 is 6.03 Å². The van der Waals surface area contributed by atoms with Gasteiger partial charge in [-0.2, -0.15) is 0 Å². The molecular weight excluding hydrogens is 441 g/mol. The molecular formula is C28H30FN5O. The Bertz CT molecular complexity index is 1270. The van der Waals surface area contributed by atoms with E-state index < -0.39 is 0 Å². The number of allylic oxidation sites excluding steroid dienone is 1. The van der Waals surface area contributed by atoms with E-state index >= 15 is 0 Å². The number of nitrogens with zero attached hydrogens (tertiary/aromatic N) is 4. The van der Waals surface area contributed by atoms with Gasteiger partial charge in [-0.1, -0.05) is 42.0 Å². The molecule has 0 saturated carbocycles. The van der Waals surface area contributed by atoms with Crippen LogP contribution in [0.2, 0.25) is 0 Å². The van der Waals surface area contributed by atoms with E-state index in [1.807, 2.05) is 24.0 Å². The molecule has 35 heavy (non-hydrogen) atoms. The molecule has 0 bridgehead atoms. The van der Waals surface area contributed by atoms with Gasteiger partial charge in [0, 0.05) is 37.7 Å². The first-order valence-electron chi connectivity index (χ1n) is 12.1. The van der Waals surface area contributed by atoms with Crippen molar-refractivity contribution in [3.8, 4) is 0 Å². The number of urea groups is 1. The third kappa shape index (κ3) is 4.76. The number of aryl methyl sites for hydroxylation is 1. The van der Waals surface area contributed by atoms with Crippen LogP contribution in [0.3, 0.4) is 0 Å². The minimum Gasteiger partial charge on any atom is -0.352 e. The molecule has 1 aliphatic carbocycles. The summed E-state index contributed by atoms with van der Waals surface area (Å²) in [5, 5.41) is 3.15. The van der Waals surface area contributed by atoms with Crippen LogP contribution in [0.5, 0.6) is 0 Å². The van der Waals surface area contributed by atoms with E-state index in [2.05, 4.69) is 52.2 Å². The van der Waals surface area contributed by atoms with Crippen LogP contribution in [0.25, 0.3) is 11.6 Å². The van der Waals surface area contributed by atoms with Crippen molar-refractivity contribution in [1.82, 2.24) is 20.2 Å². The average molecular weight is 472 g/mol. The third-order valence-corrected chi connectivity index (χ3v) is 6.91. The number of rotatable bonds is 4. The van der Waals surface area contributed by atoms with E-state index in [1.165, 1.54) is 17.7 Å². The Morgan fingerprint density at radius 2 is 1.94 bits per heavy atom. The van der Waals surface area contributed by atoms with Gasteiger partial charge < -0.3 is 15.1 Å². The topological polar surface area (TPSA) is 61.4 Å². The SMILES string of the molecule is Cc1cccc([C@H](C)NC(=O)N2CCN(c3ncnc4c3C=C(c3ccc(F)cc3)C4)C[C@H]2C)c1. The Morgan fingerprint density at radius 3 is 2.69 bits per heavy atom. The summed E-state index contributed by atoms with van der Waals surface area (Å²) in [5.41, 5.74) is 6.38. The minimum atomic E-state index is -0.241. The highest BCUT2D eigenvalue weighted by Crippen LogP contribution is 2.35. The van der Waals surface area contributed by atoms with E-state index in [9.17, 15) is 9.18 Å². The van der Waals surface area contributed by atoms with Gasteiger partial charge in [0.05, 0.1) is 11.7 Å². The van der Waals surface area contributed by atoms with Crippen LogP contribution >= 0.6 is 0 Å². The Kier molecular flexibility index (Phi) is 6.24. The first-order valence-corrected chi connectivity index (χ1v) is 12.1. The molecule has 0 unspecified atom stereocenters. The lowest BCUT2D eigenvalue weighted by Crippen LogP contribution is -2.57. The predicted molar refractivity (Wildman–Crippen MR) is 137 cm³/mol. The summed E-state index contributed by atoms with van der Waals surface area (Å²) in [7, 11) is 0. The van der Waals surface area contributed by atoms with E-state index in [1.54, 1.807) is 18.5 Å². The van der Waals surface area contributed by atoms with Gasteiger partial charge in [0.15, 0.2) is 0 Å². The molecule has 1 aliphatic heterocycles. The lowest BCUT2D eigenvalue weighted by molar-refractivity contribution is 0.168. The second-order valence-electron chi connectivity index (χ2n) is 9.48. The van der Waals surface area contributed by atoms with Crippen LogP contribution in [0.15, 0.2) is 54.9 Å². The normalized spacial score (nSPS) is 18.2. The molecule has 180 valence electrons. The highest BCUT2D eigenvalue weighted by atomic mass is 19.1. The summed E-state index contributed by atoms with van der Waals surface area (Å²) in [6.45, 7) is 8.14. The van der Waals surface area contributed by atoms with Crippen molar-refractivity contribution in [1.29, 1.82) is 0 Å². The predicted octanol–water partition coefficient (Wildman–Crippen LogP) is 5.00. The average Bonchev–Trinajstić information content (AvgIpc) is 3.29. The fourth-order valence-electron chi connectivity index (χ4n) is 4.96. The first-order chi connectivity index (χ1) is 16.9. The minimum absolute atomic E-state index is 0.0287. The van der Waals surface area contributed by atoms with Crippen LogP contribution in [-0.2, 0) is 6.42 Å². The second kappa shape index (κ2) is 9.49. The van der Waals surface area contributed by atoms with Crippen LogP contribution < -0.4 is 10.2 Å². The van der Waals surface area contributed by atoms with Crippen molar-refractivity contribution in [3.05, 3.63) is 88.6 Å². The lowest BCUT2D eigenvalue weighted by Gasteiger charge is -2.41. The number of piperazine rings is 1. The Hall–Kier alpha value is -3.74. The van der Waals surface area contributed by atoms with Gasteiger partial charge in [-0.25, -0.2) is 19.2 Å². The molecule has 3 aromatic rings. The molecule has 1 aromatic heterocycles. The molecule has 2 amide bonds. The fourth-order valence-corrected chi connectivity index (χ4v) is 4.96. The third-order valence-electron chi connectivity index (χ3n) is 6.91. The summed E-state index contributed by atoms with van der Waals surface area (Å²) in [4.78, 5) is 26.3. The maximum atomic E-state index is 13.4. The number of halogens is 1. The summed E-state index contributed by atoms with van der Waals surface area (Å²) in [5.74, 6) is 0.654. The number of amides is 2. The summed E-state index contributed by atoms with van der Waals surface area (Å²) in [6.07, 6.45) is 4.43. The monoisotopic (exact) mass is 471 g/mol. The van der Waals surface area contributed by atoms with Crippen LogP contribution in [0, 0.1) is 12.7 Å². The fraction of sp³-hybridized carbons (Fsp3) is 0.321. The Labute approximate surface area is 205 Å². The van der Waals surface area contributed by atoms with Gasteiger partial charge in [0.2, 0.25) is 0 Å². The molecule has 1 N–H and O–H groups in total. The molecule has 6 nitrogen and oxygen atoms in total. The number of aromatic nitrogens is 2. The van der Waals surface area contributed by atoms with Gasteiger partial charge in [0.25, 0.3) is 0 Å². The standard InChI is InChI=1S/C28H30FN5O/c1-18-5-4-6-22(13-18)20(3)32-28(35)34-12-11-33(16-19(34)2)27-25-14-23(15-26(25)30-17-31-27)21-7-9-24(29)10-8-21/h4-10,13-14,17,19-20H,11-12,15-16H2,1-3H3,(H,32,35)/t19-,20+/m1/s1. The highest BCUT2D eigenvalue weighted by molar-refractivity contribution is 5.91.